The van der Waals surface area contributed by atoms with Crippen molar-refractivity contribution in [2.45, 2.75) is 30.5 Å². The molecule has 1 amide bonds. The lowest BCUT2D eigenvalue weighted by Crippen LogP contribution is -2.24. The number of Topliss-reactive ketones (excluding diaryl/α,β-unsaturated/α-hetero) is 1. The van der Waals surface area contributed by atoms with E-state index < -0.39 is 15.7 Å². The predicted octanol–water partition coefficient (Wildman–Crippen LogP) is 3.05. The number of esters is 1. The van der Waals surface area contributed by atoms with Crippen molar-refractivity contribution < 1.29 is 19.1 Å². The molecular formula is C16H15Cl2NO4. The smallest absolute Gasteiger partial charge is 0.315 e. The number of rotatable bonds is 4. The van der Waals surface area contributed by atoms with Crippen LogP contribution >= 0.6 is 23.2 Å². The second kappa shape index (κ2) is 5.21. The van der Waals surface area contributed by atoms with Crippen LogP contribution < -0.4 is 5.32 Å². The molecule has 0 radical (unpaired) electrons. The molecule has 23 heavy (non-hydrogen) atoms. The first kappa shape index (κ1) is 16.3. The van der Waals surface area contributed by atoms with Crippen LogP contribution in [-0.4, -0.2) is 28.6 Å². The van der Waals surface area contributed by atoms with E-state index in [9.17, 15) is 14.4 Å². The summed E-state index contributed by atoms with van der Waals surface area (Å²) in [5, 5.41) is 2.74. The minimum Gasteiger partial charge on any atom is -0.457 e. The van der Waals surface area contributed by atoms with Gasteiger partial charge in [0, 0.05) is 17.7 Å². The molecule has 1 heterocycles. The fourth-order valence-corrected chi connectivity index (χ4v) is 3.27. The van der Waals surface area contributed by atoms with E-state index in [-0.39, 0.29) is 24.2 Å². The maximum Gasteiger partial charge on any atom is 0.315 e. The predicted molar refractivity (Wildman–Crippen MR) is 85.9 cm³/mol. The number of nitrogens with one attached hydrogen (secondary N) is 1. The Bertz CT molecular complexity index is 731. The van der Waals surface area contributed by atoms with Gasteiger partial charge in [0.25, 0.3) is 0 Å². The Kier molecular flexibility index (Phi) is 3.69. The zero-order valence-corrected chi connectivity index (χ0v) is 14.1. The Labute approximate surface area is 143 Å². The van der Waals surface area contributed by atoms with Crippen molar-refractivity contribution in [3.63, 3.8) is 0 Å². The van der Waals surface area contributed by atoms with Gasteiger partial charge in [-0.05, 0) is 37.6 Å². The number of carbonyl (C=O) groups is 3. The summed E-state index contributed by atoms with van der Waals surface area (Å²) in [4.78, 5) is 35.8. The van der Waals surface area contributed by atoms with Gasteiger partial charge < -0.3 is 10.1 Å². The lowest BCUT2D eigenvalue weighted by atomic mass is 9.99. The molecule has 2 aliphatic rings. The van der Waals surface area contributed by atoms with Gasteiger partial charge in [0.05, 0.1) is 5.92 Å². The fourth-order valence-electron chi connectivity index (χ4n) is 2.59. The molecule has 1 aromatic carbocycles. The van der Waals surface area contributed by atoms with Crippen LogP contribution in [0.3, 0.4) is 0 Å². The molecular weight excluding hydrogens is 341 g/mol. The van der Waals surface area contributed by atoms with Crippen LogP contribution in [0, 0.1) is 5.41 Å². The Morgan fingerprint density at radius 3 is 2.65 bits per heavy atom. The number of halogens is 2. The maximum atomic E-state index is 12.2. The zero-order valence-electron chi connectivity index (χ0n) is 12.6. The third-order valence-electron chi connectivity index (χ3n) is 4.53. The molecule has 0 bridgehead atoms. The summed E-state index contributed by atoms with van der Waals surface area (Å²) in [6.07, 6.45) is 0.306. The van der Waals surface area contributed by atoms with Crippen LogP contribution in [-0.2, 0) is 14.3 Å². The molecule has 1 N–H and O–H groups in total. The molecule has 1 aliphatic heterocycles. The highest BCUT2D eigenvalue weighted by Crippen LogP contribution is 2.64. The van der Waals surface area contributed by atoms with Crippen molar-refractivity contribution in [3.8, 4) is 0 Å². The molecule has 1 fully saturated rings. The normalized spacial score (nSPS) is 27.1. The van der Waals surface area contributed by atoms with Crippen LogP contribution in [0.1, 0.15) is 42.1 Å². The first-order chi connectivity index (χ1) is 10.7. The third kappa shape index (κ3) is 2.62. The number of hydrogen-bond donors (Lipinski definition) is 1. The van der Waals surface area contributed by atoms with Crippen LogP contribution in [0.4, 0.5) is 5.69 Å². The van der Waals surface area contributed by atoms with Crippen molar-refractivity contribution in [3.05, 3.63) is 29.3 Å². The number of alkyl halides is 2. The summed E-state index contributed by atoms with van der Waals surface area (Å²) >= 11 is 11.8. The Morgan fingerprint density at radius 1 is 1.39 bits per heavy atom. The van der Waals surface area contributed by atoms with Gasteiger partial charge in [0.1, 0.15) is 9.75 Å². The zero-order chi connectivity index (χ0) is 17.0. The number of hydrogen-bond acceptors (Lipinski definition) is 4. The molecule has 1 aliphatic carbocycles. The molecule has 0 aromatic heterocycles. The molecule has 0 saturated heterocycles. The van der Waals surface area contributed by atoms with Crippen molar-refractivity contribution in [2.24, 2.45) is 5.41 Å². The lowest BCUT2D eigenvalue weighted by Gasteiger charge is -2.11. The van der Waals surface area contributed by atoms with Crippen molar-refractivity contribution >= 4 is 46.5 Å². The monoisotopic (exact) mass is 355 g/mol. The van der Waals surface area contributed by atoms with E-state index in [0.29, 0.717) is 17.7 Å². The van der Waals surface area contributed by atoms with Crippen LogP contribution in [0.5, 0.6) is 0 Å². The summed E-state index contributed by atoms with van der Waals surface area (Å²) in [5.74, 6) is -1.33. The number of amides is 1. The summed E-state index contributed by atoms with van der Waals surface area (Å²) in [7, 11) is 0. The van der Waals surface area contributed by atoms with Gasteiger partial charge in [-0.25, -0.2) is 0 Å². The second-order valence-electron chi connectivity index (χ2n) is 6.23. The summed E-state index contributed by atoms with van der Waals surface area (Å²) in [6.45, 7) is 2.99. The minimum atomic E-state index is -1.12. The summed E-state index contributed by atoms with van der Waals surface area (Å²) in [6, 6.07) is 4.93. The van der Waals surface area contributed by atoms with Crippen molar-refractivity contribution in [1.82, 2.24) is 0 Å². The second-order valence-corrected chi connectivity index (χ2v) is 7.71. The summed E-state index contributed by atoms with van der Waals surface area (Å²) in [5.41, 5.74) is 0.903. The molecule has 5 nitrogen and oxygen atoms in total. The number of ether oxygens (including phenoxy) is 1. The molecule has 2 atom stereocenters. The van der Waals surface area contributed by atoms with E-state index in [1.807, 2.05) is 0 Å². The van der Waals surface area contributed by atoms with Crippen LogP contribution in [0.25, 0.3) is 0 Å². The molecule has 0 spiro atoms. The minimum absolute atomic E-state index is 0.0988. The molecule has 122 valence electrons. The SMILES string of the molecule is C[C@H]1C(=O)Nc2ccc(C(=O)COC(=O)[C@]3(C)CC3(Cl)Cl)cc21. The molecule has 0 unspecified atom stereocenters. The van der Waals surface area contributed by atoms with Gasteiger partial charge in [-0.15, -0.1) is 23.2 Å². The number of ketones is 1. The third-order valence-corrected chi connectivity index (χ3v) is 5.64. The van der Waals surface area contributed by atoms with E-state index in [1.54, 1.807) is 32.0 Å². The summed E-state index contributed by atoms with van der Waals surface area (Å²) < 4.78 is 3.93. The Hall–Kier alpha value is -1.59. The van der Waals surface area contributed by atoms with Crippen LogP contribution in [0.2, 0.25) is 0 Å². The van der Waals surface area contributed by atoms with E-state index in [1.165, 1.54) is 0 Å². The average molecular weight is 356 g/mol. The van der Waals surface area contributed by atoms with Gasteiger partial charge in [-0.3, -0.25) is 14.4 Å². The van der Waals surface area contributed by atoms with E-state index >= 15 is 0 Å². The van der Waals surface area contributed by atoms with E-state index in [2.05, 4.69) is 5.32 Å². The van der Waals surface area contributed by atoms with Crippen molar-refractivity contribution in [1.29, 1.82) is 0 Å². The number of benzene rings is 1. The molecule has 1 saturated carbocycles. The standard InChI is InChI=1S/C16H15Cl2NO4/c1-8-10-5-9(3-4-11(10)19-13(8)21)12(20)6-23-14(22)15(2)7-16(15,17)18/h3-5,8H,6-7H2,1-2H3,(H,19,21)/t8-,15+/m1/s1. The van der Waals surface area contributed by atoms with Gasteiger partial charge in [-0.1, -0.05) is 0 Å². The number of anilines is 1. The lowest BCUT2D eigenvalue weighted by molar-refractivity contribution is -0.148. The highest BCUT2D eigenvalue weighted by Gasteiger charge is 2.69. The van der Waals surface area contributed by atoms with Crippen molar-refractivity contribution in [2.75, 3.05) is 11.9 Å². The van der Waals surface area contributed by atoms with Gasteiger partial charge in [-0.2, -0.15) is 0 Å². The maximum absolute atomic E-state index is 12.2. The average Bonchev–Trinajstić information content (AvgIpc) is 2.89. The molecule has 1 aromatic rings. The van der Waals surface area contributed by atoms with Gasteiger partial charge >= 0.3 is 5.97 Å². The molecule has 3 rings (SSSR count). The largest absolute Gasteiger partial charge is 0.457 e. The number of carbonyl (C=O) groups excluding carboxylic acids is 3. The quantitative estimate of drug-likeness (QED) is 0.511. The first-order valence-electron chi connectivity index (χ1n) is 7.19. The topological polar surface area (TPSA) is 72.5 Å². The van der Waals surface area contributed by atoms with E-state index in [0.717, 1.165) is 5.56 Å². The van der Waals surface area contributed by atoms with Crippen LogP contribution in [0.15, 0.2) is 18.2 Å². The first-order valence-corrected chi connectivity index (χ1v) is 7.94. The fraction of sp³-hybridized carbons (Fsp3) is 0.438. The Morgan fingerprint density at radius 2 is 2.04 bits per heavy atom. The van der Waals surface area contributed by atoms with Gasteiger partial charge in [0.2, 0.25) is 5.91 Å². The number of fused-ring (bicyclic) bond motifs is 1. The highest BCUT2D eigenvalue weighted by atomic mass is 35.5. The highest BCUT2D eigenvalue weighted by molar-refractivity contribution is 6.53. The van der Waals surface area contributed by atoms with Gasteiger partial charge in [0.15, 0.2) is 12.4 Å². The Balaban J connectivity index is 1.66. The van der Waals surface area contributed by atoms with E-state index in [4.69, 9.17) is 27.9 Å². The molecule has 7 heteroatoms.